The summed E-state index contributed by atoms with van der Waals surface area (Å²) in [4.78, 5) is 12.8. The number of carbonyl (C=O) groups is 1. The van der Waals surface area contributed by atoms with Gasteiger partial charge in [0.1, 0.15) is 0 Å². The van der Waals surface area contributed by atoms with E-state index in [9.17, 15) is 4.79 Å². The Morgan fingerprint density at radius 1 is 1.24 bits per heavy atom. The molecule has 0 radical (unpaired) electrons. The van der Waals surface area contributed by atoms with Gasteiger partial charge in [0, 0.05) is 9.37 Å². The number of thioether (sulfide) groups is 1. The number of rotatable bonds is 7. The van der Waals surface area contributed by atoms with E-state index >= 15 is 0 Å². The van der Waals surface area contributed by atoms with Crippen LogP contribution in [0.15, 0.2) is 27.6 Å². The van der Waals surface area contributed by atoms with Gasteiger partial charge in [-0.05, 0) is 47.6 Å². The molecule has 0 saturated heterocycles. The van der Waals surface area contributed by atoms with Gasteiger partial charge < -0.3 is 4.74 Å². The molecule has 5 heteroatoms. The predicted octanol–water partition coefficient (Wildman–Crippen LogP) is 6.35. The molecule has 0 saturated carbocycles. The van der Waals surface area contributed by atoms with Crippen molar-refractivity contribution in [3.05, 3.63) is 28.2 Å². The molecule has 0 aliphatic heterocycles. The number of alkyl halides is 1. The SMILES string of the molecule is CCCI.CCCOC(=O)c1ccc(Br)cc1SCCC. The highest BCUT2D eigenvalue weighted by atomic mass is 127. The summed E-state index contributed by atoms with van der Waals surface area (Å²) >= 11 is 7.47. The van der Waals surface area contributed by atoms with Crippen LogP contribution in [0.25, 0.3) is 0 Å². The number of carbonyl (C=O) groups excluding carboxylic acids is 1. The van der Waals surface area contributed by atoms with Crippen molar-refractivity contribution >= 4 is 56.3 Å². The molecule has 0 aliphatic rings. The van der Waals surface area contributed by atoms with Crippen molar-refractivity contribution < 1.29 is 9.53 Å². The Kier molecular flexibility index (Phi) is 14.0. The largest absolute Gasteiger partial charge is 0.462 e. The third-order valence-corrected chi connectivity index (χ3v) is 5.08. The van der Waals surface area contributed by atoms with Gasteiger partial charge in [-0.15, -0.1) is 11.8 Å². The normalized spacial score (nSPS) is 9.76. The average Bonchev–Trinajstić information content (AvgIpc) is 2.50. The molecule has 1 aromatic carbocycles. The van der Waals surface area contributed by atoms with E-state index in [0.717, 1.165) is 28.0 Å². The Hall–Kier alpha value is 0.250. The first-order chi connectivity index (χ1) is 10.1. The van der Waals surface area contributed by atoms with Crippen molar-refractivity contribution in [1.29, 1.82) is 0 Å². The van der Waals surface area contributed by atoms with Gasteiger partial charge in [0.15, 0.2) is 0 Å². The molecule has 0 bridgehead atoms. The van der Waals surface area contributed by atoms with E-state index in [-0.39, 0.29) is 5.97 Å². The zero-order valence-corrected chi connectivity index (χ0v) is 17.5. The Balaban J connectivity index is 0.000000885. The molecular weight excluding hydrogens is 463 g/mol. The van der Waals surface area contributed by atoms with Gasteiger partial charge in [-0.2, -0.15) is 0 Å². The minimum atomic E-state index is -0.224. The van der Waals surface area contributed by atoms with E-state index in [4.69, 9.17) is 4.74 Å². The van der Waals surface area contributed by atoms with Crippen LogP contribution in [0.2, 0.25) is 0 Å². The highest BCUT2D eigenvalue weighted by Crippen LogP contribution is 2.27. The smallest absolute Gasteiger partial charge is 0.339 e. The van der Waals surface area contributed by atoms with Gasteiger partial charge in [-0.3, -0.25) is 0 Å². The maximum absolute atomic E-state index is 11.8. The van der Waals surface area contributed by atoms with Gasteiger partial charge in [-0.1, -0.05) is 59.3 Å². The number of hydrogen-bond donors (Lipinski definition) is 0. The first-order valence-corrected chi connectivity index (χ1v) is 10.6. The third kappa shape index (κ3) is 9.79. The molecule has 0 heterocycles. The molecule has 0 atom stereocenters. The lowest BCUT2D eigenvalue weighted by molar-refractivity contribution is 0.0501. The summed E-state index contributed by atoms with van der Waals surface area (Å²) < 4.78 is 7.45. The molecule has 0 spiro atoms. The fourth-order valence-corrected chi connectivity index (χ4v) is 2.72. The fourth-order valence-electron chi connectivity index (χ4n) is 1.27. The van der Waals surface area contributed by atoms with Crippen molar-refractivity contribution in [1.82, 2.24) is 0 Å². The second kappa shape index (κ2) is 13.9. The zero-order valence-electron chi connectivity index (χ0n) is 13.0. The van der Waals surface area contributed by atoms with Crippen molar-refractivity contribution in [3.8, 4) is 0 Å². The van der Waals surface area contributed by atoms with E-state index in [1.807, 2.05) is 25.1 Å². The molecular formula is C16H24BrIO2S. The summed E-state index contributed by atoms with van der Waals surface area (Å²) in [6.45, 7) is 6.76. The van der Waals surface area contributed by atoms with Gasteiger partial charge in [-0.25, -0.2) is 4.79 Å². The van der Waals surface area contributed by atoms with Gasteiger partial charge in [0.2, 0.25) is 0 Å². The predicted molar refractivity (Wildman–Crippen MR) is 105 cm³/mol. The van der Waals surface area contributed by atoms with Gasteiger partial charge in [0.05, 0.1) is 12.2 Å². The van der Waals surface area contributed by atoms with Crippen LogP contribution < -0.4 is 0 Å². The van der Waals surface area contributed by atoms with E-state index in [1.54, 1.807) is 11.8 Å². The molecule has 21 heavy (non-hydrogen) atoms. The van der Waals surface area contributed by atoms with Crippen molar-refractivity contribution in [2.24, 2.45) is 0 Å². The molecule has 0 N–H and O–H groups in total. The molecule has 1 rings (SSSR count). The summed E-state index contributed by atoms with van der Waals surface area (Å²) in [5.74, 6) is 0.780. The van der Waals surface area contributed by atoms with E-state index in [1.165, 1.54) is 10.8 Å². The molecule has 0 fully saturated rings. The average molecular weight is 487 g/mol. The third-order valence-electron chi connectivity index (χ3n) is 2.25. The van der Waals surface area contributed by atoms with Crippen molar-refractivity contribution in [3.63, 3.8) is 0 Å². The number of esters is 1. The first-order valence-electron chi connectivity index (χ1n) is 7.26. The summed E-state index contributed by atoms with van der Waals surface area (Å²) in [6.07, 6.45) is 3.24. The van der Waals surface area contributed by atoms with Crippen molar-refractivity contribution in [2.75, 3.05) is 16.8 Å². The van der Waals surface area contributed by atoms with E-state index in [0.29, 0.717) is 12.2 Å². The van der Waals surface area contributed by atoms with Crippen LogP contribution in [0.1, 0.15) is 50.4 Å². The summed E-state index contributed by atoms with van der Waals surface area (Å²) in [5, 5.41) is 0. The van der Waals surface area contributed by atoms with Crippen molar-refractivity contribution in [2.45, 2.75) is 44.9 Å². The van der Waals surface area contributed by atoms with Crippen LogP contribution in [-0.4, -0.2) is 22.8 Å². The maximum Gasteiger partial charge on any atom is 0.339 e. The second-order valence-corrected chi connectivity index (χ2v) is 7.45. The summed E-state index contributed by atoms with van der Waals surface area (Å²) in [6, 6.07) is 5.67. The van der Waals surface area contributed by atoms with Crippen LogP contribution in [0.5, 0.6) is 0 Å². The standard InChI is InChI=1S/C13H17BrO2S.C3H7I/c1-3-7-16-13(15)11-6-5-10(14)9-12(11)17-8-4-2;1-2-3-4/h5-6,9H,3-4,7-8H2,1-2H3;2-3H2,1H3. The van der Waals surface area contributed by atoms with Crippen LogP contribution in [-0.2, 0) is 4.74 Å². The Morgan fingerprint density at radius 3 is 2.43 bits per heavy atom. The first kappa shape index (κ1) is 21.2. The lowest BCUT2D eigenvalue weighted by Gasteiger charge is -2.09. The van der Waals surface area contributed by atoms with E-state index in [2.05, 4.69) is 52.4 Å². The molecule has 0 aromatic heterocycles. The maximum atomic E-state index is 11.8. The van der Waals surface area contributed by atoms with Crippen LogP contribution in [0, 0.1) is 0 Å². The molecule has 2 nitrogen and oxygen atoms in total. The minimum Gasteiger partial charge on any atom is -0.462 e. The summed E-state index contributed by atoms with van der Waals surface area (Å²) in [7, 11) is 0. The number of halogens is 2. The fraction of sp³-hybridized carbons (Fsp3) is 0.562. The highest BCUT2D eigenvalue weighted by Gasteiger charge is 2.13. The Labute approximate surface area is 155 Å². The zero-order chi connectivity index (χ0) is 16.1. The minimum absolute atomic E-state index is 0.224. The lowest BCUT2D eigenvalue weighted by atomic mass is 10.2. The van der Waals surface area contributed by atoms with Gasteiger partial charge in [0.25, 0.3) is 0 Å². The Morgan fingerprint density at radius 2 is 1.90 bits per heavy atom. The molecule has 1 aromatic rings. The number of ether oxygens (including phenoxy) is 1. The number of hydrogen-bond acceptors (Lipinski definition) is 3. The summed E-state index contributed by atoms with van der Waals surface area (Å²) in [5.41, 5.74) is 0.667. The van der Waals surface area contributed by atoms with Gasteiger partial charge >= 0.3 is 5.97 Å². The molecule has 0 amide bonds. The number of benzene rings is 1. The molecule has 120 valence electrons. The topological polar surface area (TPSA) is 26.3 Å². The molecule has 0 unspecified atom stereocenters. The van der Waals surface area contributed by atoms with Crippen LogP contribution in [0.3, 0.4) is 0 Å². The monoisotopic (exact) mass is 486 g/mol. The second-order valence-electron chi connectivity index (χ2n) is 4.31. The Bertz CT molecular complexity index is 411. The molecule has 0 aliphatic carbocycles. The van der Waals surface area contributed by atoms with Crippen LogP contribution >= 0.6 is 50.3 Å². The highest BCUT2D eigenvalue weighted by molar-refractivity contribution is 14.1. The quantitative estimate of drug-likeness (QED) is 0.194. The van der Waals surface area contributed by atoms with E-state index < -0.39 is 0 Å². The lowest BCUT2D eigenvalue weighted by Crippen LogP contribution is -2.07. The van der Waals surface area contributed by atoms with Crippen LogP contribution in [0.4, 0.5) is 0 Å².